The molecular formula is C9H8BrFN4S. The monoisotopic (exact) mass is 302 g/mol. The summed E-state index contributed by atoms with van der Waals surface area (Å²) in [5.74, 6) is 5.12. The highest BCUT2D eigenvalue weighted by atomic mass is 79.9. The van der Waals surface area contributed by atoms with E-state index in [-0.39, 0.29) is 11.5 Å². The van der Waals surface area contributed by atoms with Crippen molar-refractivity contribution in [3.05, 3.63) is 27.4 Å². The fraction of sp³-hybridized carbons (Fsp3) is 0.111. The molecule has 0 spiro atoms. The van der Waals surface area contributed by atoms with Crippen molar-refractivity contribution in [3.63, 3.8) is 0 Å². The van der Waals surface area contributed by atoms with E-state index >= 15 is 0 Å². The van der Waals surface area contributed by atoms with Crippen LogP contribution in [0.2, 0.25) is 0 Å². The van der Waals surface area contributed by atoms with Gasteiger partial charge in [-0.2, -0.15) is 0 Å². The lowest BCUT2D eigenvalue weighted by atomic mass is 10.3. The Kier molecular flexibility index (Phi) is 3.17. The van der Waals surface area contributed by atoms with Gasteiger partial charge in [-0.3, -0.25) is 0 Å². The van der Waals surface area contributed by atoms with E-state index in [4.69, 9.17) is 5.84 Å². The molecule has 0 bridgehead atoms. The van der Waals surface area contributed by atoms with Crippen molar-refractivity contribution in [2.45, 2.75) is 6.92 Å². The Morgan fingerprint density at radius 3 is 2.81 bits per heavy atom. The summed E-state index contributed by atoms with van der Waals surface area (Å²) in [4.78, 5) is 8.94. The first-order chi connectivity index (χ1) is 7.63. The molecule has 16 heavy (non-hydrogen) atoms. The zero-order valence-corrected chi connectivity index (χ0v) is 10.7. The Morgan fingerprint density at radius 1 is 1.50 bits per heavy atom. The van der Waals surface area contributed by atoms with E-state index < -0.39 is 5.82 Å². The molecule has 3 N–H and O–H groups in total. The first kappa shape index (κ1) is 11.4. The molecule has 0 atom stereocenters. The Labute approximate surface area is 104 Å². The van der Waals surface area contributed by atoms with Gasteiger partial charge in [-0.05, 0) is 34.3 Å². The molecule has 0 saturated carbocycles. The lowest BCUT2D eigenvalue weighted by molar-refractivity contribution is 0.606. The van der Waals surface area contributed by atoms with Crippen LogP contribution in [0, 0.1) is 12.7 Å². The molecule has 0 radical (unpaired) electrons. The molecule has 0 aromatic carbocycles. The fourth-order valence-corrected chi connectivity index (χ4v) is 2.69. The number of hydrogen-bond acceptors (Lipinski definition) is 5. The average Bonchev–Trinajstić information content (AvgIpc) is 2.68. The molecule has 0 saturated heterocycles. The van der Waals surface area contributed by atoms with Crippen LogP contribution in [0.1, 0.15) is 5.69 Å². The largest absolute Gasteiger partial charge is 0.306 e. The first-order valence-electron chi connectivity index (χ1n) is 4.37. The number of aryl methyl sites for hydroxylation is 1. The van der Waals surface area contributed by atoms with Gasteiger partial charge in [-0.15, -0.1) is 11.3 Å². The SMILES string of the molecule is Cc1nc(-c2sccc2Br)nc(NN)c1F. The summed E-state index contributed by atoms with van der Waals surface area (Å²) in [6.07, 6.45) is 0. The molecular weight excluding hydrogens is 295 g/mol. The van der Waals surface area contributed by atoms with E-state index in [1.807, 2.05) is 11.4 Å². The second kappa shape index (κ2) is 4.44. The van der Waals surface area contributed by atoms with Crippen molar-refractivity contribution >= 4 is 33.1 Å². The van der Waals surface area contributed by atoms with E-state index in [2.05, 4.69) is 31.3 Å². The predicted molar refractivity (Wildman–Crippen MR) is 65.6 cm³/mol. The number of hydrogen-bond donors (Lipinski definition) is 2. The molecule has 7 heteroatoms. The number of halogens is 2. The highest BCUT2D eigenvalue weighted by Crippen LogP contribution is 2.32. The number of anilines is 1. The molecule has 2 heterocycles. The van der Waals surface area contributed by atoms with Gasteiger partial charge in [0.25, 0.3) is 0 Å². The number of thiophene rings is 1. The minimum Gasteiger partial charge on any atom is -0.306 e. The molecule has 0 fully saturated rings. The molecule has 4 nitrogen and oxygen atoms in total. The van der Waals surface area contributed by atoms with Crippen LogP contribution < -0.4 is 11.3 Å². The third kappa shape index (κ3) is 1.93. The van der Waals surface area contributed by atoms with Crippen LogP contribution in [-0.2, 0) is 0 Å². The van der Waals surface area contributed by atoms with Crippen molar-refractivity contribution in [3.8, 4) is 10.7 Å². The number of nitrogens with zero attached hydrogens (tertiary/aromatic N) is 2. The molecule has 0 unspecified atom stereocenters. The summed E-state index contributed by atoms with van der Waals surface area (Å²) in [5.41, 5.74) is 2.48. The quantitative estimate of drug-likeness (QED) is 0.661. The zero-order chi connectivity index (χ0) is 11.7. The fourth-order valence-electron chi connectivity index (χ4n) is 1.21. The summed E-state index contributed by atoms with van der Waals surface area (Å²) in [6, 6.07) is 1.89. The van der Waals surface area contributed by atoms with Crippen LogP contribution in [0.25, 0.3) is 10.7 Å². The van der Waals surface area contributed by atoms with Gasteiger partial charge in [-0.1, -0.05) is 0 Å². The molecule has 0 aliphatic rings. The van der Waals surface area contributed by atoms with Gasteiger partial charge < -0.3 is 5.43 Å². The molecule has 0 amide bonds. The summed E-state index contributed by atoms with van der Waals surface area (Å²) in [5, 5.41) is 1.90. The number of aromatic nitrogens is 2. The topological polar surface area (TPSA) is 63.8 Å². The molecule has 84 valence electrons. The van der Waals surface area contributed by atoms with E-state index in [0.717, 1.165) is 9.35 Å². The van der Waals surface area contributed by atoms with Crippen molar-refractivity contribution in [1.82, 2.24) is 9.97 Å². The highest BCUT2D eigenvalue weighted by Gasteiger charge is 2.14. The van der Waals surface area contributed by atoms with Crippen LogP contribution in [0.15, 0.2) is 15.9 Å². The van der Waals surface area contributed by atoms with Crippen molar-refractivity contribution in [2.75, 3.05) is 5.43 Å². The Morgan fingerprint density at radius 2 is 2.25 bits per heavy atom. The summed E-state index contributed by atoms with van der Waals surface area (Å²) in [7, 11) is 0. The third-order valence-corrected chi connectivity index (χ3v) is 3.81. The molecule has 2 rings (SSSR count). The van der Waals surface area contributed by atoms with Crippen LogP contribution in [-0.4, -0.2) is 9.97 Å². The molecule has 2 aromatic heterocycles. The Balaban J connectivity index is 2.59. The van der Waals surface area contributed by atoms with Gasteiger partial charge in [0.2, 0.25) is 0 Å². The number of nitrogens with two attached hydrogens (primary N) is 1. The van der Waals surface area contributed by atoms with Crippen LogP contribution in [0.5, 0.6) is 0 Å². The van der Waals surface area contributed by atoms with Crippen molar-refractivity contribution < 1.29 is 4.39 Å². The van der Waals surface area contributed by atoms with Gasteiger partial charge in [0.05, 0.1) is 10.6 Å². The third-order valence-electron chi connectivity index (χ3n) is 1.97. The lowest BCUT2D eigenvalue weighted by Gasteiger charge is -2.06. The van der Waals surface area contributed by atoms with Gasteiger partial charge >= 0.3 is 0 Å². The zero-order valence-electron chi connectivity index (χ0n) is 8.29. The standard InChI is InChI=1S/C9H8BrFN4S/c1-4-6(11)8(15-12)14-9(13-4)7-5(10)2-3-16-7/h2-3H,12H2,1H3,(H,13,14,15). The first-order valence-corrected chi connectivity index (χ1v) is 6.05. The smallest absolute Gasteiger partial charge is 0.187 e. The van der Waals surface area contributed by atoms with Gasteiger partial charge in [-0.25, -0.2) is 20.2 Å². The number of rotatable bonds is 2. The minimum absolute atomic E-state index is 0.00259. The minimum atomic E-state index is -0.529. The van der Waals surface area contributed by atoms with Crippen LogP contribution >= 0.6 is 27.3 Å². The van der Waals surface area contributed by atoms with Gasteiger partial charge in [0.15, 0.2) is 17.5 Å². The van der Waals surface area contributed by atoms with E-state index in [0.29, 0.717) is 5.82 Å². The van der Waals surface area contributed by atoms with E-state index in [1.54, 1.807) is 6.92 Å². The van der Waals surface area contributed by atoms with Crippen LogP contribution in [0.3, 0.4) is 0 Å². The normalized spacial score (nSPS) is 10.5. The maximum absolute atomic E-state index is 13.4. The average molecular weight is 303 g/mol. The predicted octanol–water partition coefficient (Wildman–Crippen LogP) is 2.70. The highest BCUT2D eigenvalue weighted by molar-refractivity contribution is 9.10. The van der Waals surface area contributed by atoms with Crippen molar-refractivity contribution in [1.29, 1.82) is 0 Å². The number of nitrogens with one attached hydrogen (secondary N) is 1. The summed E-state index contributed by atoms with van der Waals surface area (Å²) in [6.45, 7) is 1.57. The van der Waals surface area contributed by atoms with Crippen molar-refractivity contribution in [2.24, 2.45) is 5.84 Å². The molecule has 0 aliphatic carbocycles. The second-order valence-corrected chi connectivity index (χ2v) is 4.81. The van der Waals surface area contributed by atoms with Crippen LogP contribution in [0.4, 0.5) is 10.2 Å². The summed E-state index contributed by atoms with van der Waals surface area (Å²) >= 11 is 4.85. The Hall–Kier alpha value is -1.05. The van der Waals surface area contributed by atoms with Gasteiger partial charge in [0, 0.05) is 4.47 Å². The van der Waals surface area contributed by atoms with E-state index in [1.165, 1.54) is 11.3 Å². The maximum atomic E-state index is 13.4. The molecule has 2 aromatic rings. The lowest BCUT2D eigenvalue weighted by Crippen LogP contribution is -2.12. The second-order valence-electron chi connectivity index (χ2n) is 3.04. The Bertz CT molecular complexity index is 528. The number of nitrogen functional groups attached to an aromatic ring is 1. The summed E-state index contributed by atoms with van der Waals surface area (Å²) < 4.78 is 14.3. The molecule has 0 aliphatic heterocycles. The maximum Gasteiger partial charge on any atom is 0.187 e. The van der Waals surface area contributed by atoms with Gasteiger partial charge in [0.1, 0.15) is 0 Å². The van der Waals surface area contributed by atoms with E-state index in [9.17, 15) is 4.39 Å². The number of hydrazine groups is 1.